The topological polar surface area (TPSA) is 49.8 Å². The minimum absolute atomic E-state index is 0.378. The first-order valence-electron chi connectivity index (χ1n) is 6.97. The second-order valence-electron chi connectivity index (χ2n) is 5.31. The summed E-state index contributed by atoms with van der Waals surface area (Å²) >= 11 is 0. The van der Waals surface area contributed by atoms with Crippen molar-refractivity contribution >= 4 is 11.7 Å². The first kappa shape index (κ1) is 12.5. The highest BCUT2D eigenvalue weighted by Crippen LogP contribution is 2.30. The van der Waals surface area contributed by atoms with E-state index in [2.05, 4.69) is 4.90 Å². The Morgan fingerprint density at radius 1 is 1.47 bits per heavy atom. The van der Waals surface area contributed by atoms with Crippen molar-refractivity contribution in [2.24, 2.45) is 0 Å². The number of aromatic carboxylic acids is 1. The summed E-state index contributed by atoms with van der Waals surface area (Å²) in [7, 11) is 0. The lowest BCUT2D eigenvalue weighted by Gasteiger charge is -2.21. The first-order chi connectivity index (χ1) is 9.24. The third-order valence-electron chi connectivity index (χ3n) is 4.07. The van der Waals surface area contributed by atoms with E-state index in [1.807, 2.05) is 6.07 Å². The number of carbonyl (C=O) groups is 1. The van der Waals surface area contributed by atoms with Crippen LogP contribution in [0.1, 0.15) is 35.2 Å². The molecule has 19 heavy (non-hydrogen) atoms. The van der Waals surface area contributed by atoms with Crippen molar-refractivity contribution in [2.75, 3.05) is 24.6 Å². The fourth-order valence-corrected chi connectivity index (χ4v) is 2.98. The molecule has 4 heteroatoms. The molecule has 4 nitrogen and oxygen atoms in total. The van der Waals surface area contributed by atoms with Crippen LogP contribution >= 0.6 is 0 Å². The summed E-state index contributed by atoms with van der Waals surface area (Å²) < 4.78 is 5.64. The Morgan fingerprint density at radius 3 is 3.11 bits per heavy atom. The summed E-state index contributed by atoms with van der Waals surface area (Å²) in [5.74, 6) is -0.853. The molecule has 1 aromatic rings. The van der Waals surface area contributed by atoms with Crippen molar-refractivity contribution in [3.63, 3.8) is 0 Å². The number of anilines is 1. The smallest absolute Gasteiger partial charge is 0.335 e. The molecule has 1 fully saturated rings. The predicted molar refractivity (Wildman–Crippen MR) is 72.9 cm³/mol. The van der Waals surface area contributed by atoms with E-state index in [0.717, 1.165) is 44.6 Å². The molecule has 1 atom stereocenters. The number of carboxylic acid groups (broad SMARTS) is 1. The highest BCUT2D eigenvalue weighted by Gasteiger charge is 2.22. The average Bonchev–Trinajstić information content (AvgIpc) is 3.05. The Labute approximate surface area is 113 Å². The molecule has 1 N–H and O–H groups in total. The standard InChI is InChI=1S/C15H19NO3/c17-15(18)12-4-3-11-5-7-16(14(11)10-12)8-6-13-2-1-9-19-13/h3-4,10,13H,1-2,5-9H2,(H,17,18). The summed E-state index contributed by atoms with van der Waals surface area (Å²) in [6.07, 6.45) is 4.78. The summed E-state index contributed by atoms with van der Waals surface area (Å²) in [6, 6.07) is 5.45. The van der Waals surface area contributed by atoms with Gasteiger partial charge in [0.2, 0.25) is 0 Å². The first-order valence-corrected chi connectivity index (χ1v) is 6.97. The Bertz CT molecular complexity index is 480. The van der Waals surface area contributed by atoms with Gasteiger partial charge in [-0.05, 0) is 43.4 Å². The van der Waals surface area contributed by atoms with E-state index in [-0.39, 0.29) is 0 Å². The zero-order chi connectivity index (χ0) is 13.2. The van der Waals surface area contributed by atoms with E-state index in [4.69, 9.17) is 9.84 Å². The van der Waals surface area contributed by atoms with Gasteiger partial charge in [0, 0.05) is 25.4 Å². The monoisotopic (exact) mass is 261 g/mol. The summed E-state index contributed by atoms with van der Waals surface area (Å²) in [5, 5.41) is 9.07. The second-order valence-corrected chi connectivity index (χ2v) is 5.31. The molecule has 2 aliphatic rings. The van der Waals surface area contributed by atoms with Gasteiger partial charge in [-0.1, -0.05) is 6.07 Å². The zero-order valence-corrected chi connectivity index (χ0v) is 11.0. The fraction of sp³-hybridized carbons (Fsp3) is 0.533. The highest BCUT2D eigenvalue weighted by molar-refractivity contribution is 5.89. The molecule has 0 spiro atoms. The normalized spacial score (nSPS) is 21.7. The molecule has 0 aliphatic carbocycles. The Balaban J connectivity index is 1.69. The minimum Gasteiger partial charge on any atom is -0.478 e. The molecule has 0 radical (unpaired) electrons. The predicted octanol–water partition coefficient (Wildman–Crippen LogP) is 2.32. The molecule has 0 saturated carbocycles. The molecule has 1 saturated heterocycles. The van der Waals surface area contributed by atoms with Crippen LogP contribution in [0, 0.1) is 0 Å². The van der Waals surface area contributed by atoms with Crippen LogP contribution in [0.15, 0.2) is 18.2 Å². The van der Waals surface area contributed by atoms with E-state index >= 15 is 0 Å². The van der Waals surface area contributed by atoms with Crippen LogP contribution in [0.3, 0.4) is 0 Å². The quantitative estimate of drug-likeness (QED) is 0.903. The third kappa shape index (κ3) is 2.59. The van der Waals surface area contributed by atoms with Gasteiger partial charge in [0.15, 0.2) is 0 Å². The number of hydrogen-bond acceptors (Lipinski definition) is 3. The van der Waals surface area contributed by atoms with Gasteiger partial charge < -0.3 is 14.7 Å². The van der Waals surface area contributed by atoms with Crippen LogP contribution in [-0.2, 0) is 11.2 Å². The number of ether oxygens (including phenoxy) is 1. The van der Waals surface area contributed by atoms with E-state index in [1.165, 1.54) is 12.0 Å². The van der Waals surface area contributed by atoms with Gasteiger partial charge in [-0.15, -0.1) is 0 Å². The largest absolute Gasteiger partial charge is 0.478 e. The van der Waals surface area contributed by atoms with Crippen molar-refractivity contribution in [3.8, 4) is 0 Å². The molecule has 1 aromatic carbocycles. The third-order valence-corrected chi connectivity index (χ3v) is 4.07. The van der Waals surface area contributed by atoms with Gasteiger partial charge in [-0.3, -0.25) is 0 Å². The van der Waals surface area contributed by atoms with Gasteiger partial charge in [0.1, 0.15) is 0 Å². The van der Waals surface area contributed by atoms with Crippen molar-refractivity contribution in [2.45, 2.75) is 31.8 Å². The zero-order valence-electron chi connectivity index (χ0n) is 11.0. The minimum atomic E-state index is -0.853. The van der Waals surface area contributed by atoms with E-state index in [0.29, 0.717) is 11.7 Å². The van der Waals surface area contributed by atoms with E-state index < -0.39 is 5.97 Å². The van der Waals surface area contributed by atoms with Crippen molar-refractivity contribution < 1.29 is 14.6 Å². The number of benzene rings is 1. The maximum Gasteiger partial charge on any atom is 0.335 e. The fourth-order valence-electron chi connectivity index (χ4n) is 2.98. The maximum atomic E-state index is 11.0. The summed E-state index contributed by atoms with van der Waals surface area (Å²) in [4.78, 5) is 13.3. The van der Waals surface area contributed by atoms with Crippen LogP contribution in [0.25, 0.3) is 0 Å². The number of hydrogen-bond donors (Lipinski definition) is 1. The average molecular weight is 261 g/mol. The van der Waals surface area contributed by atoms with Crippen LogP contribution in [-0.4, -0.2) is 36.9 Å². The Kier molecular flexibility index (Phi) is 3.42. The van der Waals surface area contributed by atoms with Gasteiger partial charge in [-0.2, -0.15) is 0 Å². The lowest BCUT2D eigenvalue weighted by atomic mass is 10.1. The van der Waals surface area contributed by atoms with Gasteiger partial charge in [-0.25, -0.2) is 4.79 Å². The number of nitrogens with zero attached hydrogens (tertiary/aromatic N) is 1. The maximum absolute atomic E-state index is 11.0. The lowest BCUT2D eigenvalue weighted by molar-refractivity contribution is 0.0697. The van der Waals surface area contributed by atoms with E-state index in [9.17, 15) is 4.79 Å². The summed E-state index contributed by atoms with van der Waals surface area (Å²) in [5.41, 5.74) is 2.73. The summed E-state index contributed by atoms with van der Waals surface area (Å²) in [6.45, 7) is 2.84. The second kappa shape index (κ2) is 5.21. The van der Waals surface area contributed by atoms with Crippen molar-refractivity contribution in [1.82, 2.24) is 0 Å². The highest BCUT2D eigenvalue weighted by atomic mass is 16.5. The molecule has 102 valence electrons. The van der Waals surface area contributed by atoms with Crippen molar-refractivity contribution in [3.05, 3.63) is 29.3 Å². The molecular formula is C15H19NO3. The van der Waals surface area contributed by atoms with Crippen LogP contribution < -0.4 is 4.90 Å². The number of rotatable bonds is 4. The van der Waals surface area contributed by atoms with Crippen LogP contribution in [0.4, 0.5) is 5.69 Å². The molecule has 2 heterocycles. The Morgan fingerprint density at radius 2 is 2.37 bits per heavy atom. The lowest BCUT2D eigenvalue weighted by Crippen LogP contribution is -2.25. The molecule has 0 bridgehead atoms. The van der Waals surface area contributed by atoms with Gasteiger partial charge in [0.05, 0.1) is 11.7 Å². The Hall–Kier alpha value is -1.55. The van der Waals surface area contributed by atoms with Crippen molar-refractivity contribution in [1.29, 1.82) is 0 Å². The molecule has 2 aliphatic heterocycles. The number of carboxylic acids is 1. The molecular weight excluding hydrogens is 242 g/mol. The molecule has 0 amide bonds. The van der Waals surface area contributed by atoms with Crippen LogP contribution in [0.2, 0.25) is 0 Å². The molecule has 0 aromatic heterocycles. The van der Waals surface area contributed by atoms with Gasteiger partial charge in [0.25, 0.3) is 0 Å². The van der Waals surface area contributed by atoms with Gasteiger partial charge >= 0.3 is 5.97 Å². The van der Waals surface area contributed by atoms with Crippen LogP contribution in [0.5, 0.6) is 0 Å². The number of fused-ring (bicyclic) bond motifs is 1. The van der Waals surface area contributed by atoms with E-state index in [1.54, 1.807) is 12.1 Å². The molecule has 3 rings (SSSR count). The SMILES string of the molecule is O=C(O)c1ccc2c(c1)N(CCC1CCCO1)CC2. The molecule has 1 unspecified atom stereocenters.